The molecule has 0 spiro atoms. The number of benzene rings is 1. The van der Waals surface area contributed by atoms with E-state index in [2.05, 4.69) is 15.4 Å². The van der Waals surface area contributed by atoms with Gasteiger partial charge in [-0.25, -0.2) is 13.8 Å². The van der Waals surface area contributed by atoms with E-state index in [1.807, 2.05) is 4.57 Å². The van der Waals surface area contributed by atoms with Crippen LogP contribution in [-0.2, 0) is 7.05 Å². The zero-order valence-electron chi connectivity index (χ0n) is 14.8. The van der Waals surface area contributed by atoms with Crippen molar-refractivity contribution in [1.82, 2.24) is 24.6 Å². The molecule has 2 aliphatic rings. The molecular formula is C19H19F2N5O. The lowest BCUT2D eigenvalue weighted by Gasteiger charge is -2.17. The van der Waals surface area contributed by atoms with Gasteiger partial charge in [-0.3, -0.25) is 9.48 Å². The molecule has 0 saturated heterocycles. The van der Waals surface area contributed by atoms with E-state index in [9.17, 15) is 13.6 Å². The number of nitrogens with zero attached hydrogens (tertiary/aromatic N) is 4. The first-order chi connectivity index (χ1) is 13.0. The number of aryl methyl sites for hydroxylation is 1. The van der Waals surface area contributed by atoms with Crippen molar-refractivity contribution in [2.75, 3.05) is 6.54 Å². The first-order valence-electron chi connectivity index (χ1n) is 9.09. The molecule has 2 unspecified atom stereocenters. The van der Waals surface area contributed by atoms with Crippen LogP contribution in [0.1, 0.15) is 29.2 Å². The van der Waals surface area contributed by atoms with Gasteiger partial charge in [0.25, 0.3) is 5.91 Å². The number of carbonyl (C=O) groups is 1. The number of carbonyl (C=O) groups excluding carboxylic acids is 1. The first-order valence-corrected chi connectivity index (χ1v) is 9.09. The lowest BCUT2D eigenvalue weighted by atomic mass is 10.1. The van der Waals surface area contributed by atoms with Gasteiger partial charge in [0.2, 0.25) is 0 Å². The van der Waals surface area contributed by atoms with Crippen molar-refractivity contribution in [3.8, 4) is 0 Å². The smallest absolute Gasteiger partial charge is 0.254 e. The predicted molar refractivity (Wildman–Crippen MR) is 93.9 cm³/mol. The largest absolute Gasteiger partial charge is 0.352 e. The number of aromatic nitrogens is 4. The van der Waals surface area contributed by atoms with Crippen LogP contribution in [-0.4, -0.2) is 31.8 Å². The zero-order valence-corrected chi connectivity index (χ0v) is 14.8. The van der Waals surface area contributed by atoms with Crippen LogP contribution in [0.3, 0.4) is 0 Å². The minimum absolute atomic E-state index is 0.0947. The molecule has 4 atom stereocenters. The Morgan fingerprint density at radius 1 is 1.26 bits per heavy atom. The third-order valence-electron chi connectivity index (χ3n) is 6.07. The predicted octanol–water partition coefficient (Wildman–Crippen LogP) is 2.68. The highest BCUT2D eigenvalue weighted by molar-refractivity contribution is 5.93. The molecule has 2 aliphatic carbocycles. The van der Waals surface area contributed by atoms with Gasteiger partial charge in [0, 0.05) is 38.0 Å². The standard InChI is InChI=1S/C19H19F2N5O/c1-25-8-10(6-24-25)19(27)22-7-14-12-2-11(3-13(12)14)26-9-23-17-4-15(20)16(21)5-18(17)26/h4-6,8-9,11-14H,2-3,7H2,1H3,(H,22,27)/t11?,12-,13+,14?. The van der Waals surface area contributed by atoms with Gasteiger partial charge in [-0.15, -0.1) is 0 Å². The molecule has 140 valence electrons. The lowest BCUT2D eigenvalue weighted by Crippen LogP contribution is -2.26. The van der Waals surface area contributed by atoms with E-state index in [1.165, 1.54) is 6.07 Å². The third kappa shape index (κ3) is 2.70. The summed E-state index contributed by atoms with van der Waals surface area (Å²) in [6.45, 7) is 0.667. The van der Waals surface area contributed by atoms with E-state index in [1.54, 1.807) is 30.5 Å². The van der Waals surface area contributed by atoms with Crippen LogP contribution in [0.5, 0.6) is 0 Å². The fourth-order valence-electron chi connectivity index (χ4n) is 4.64. The van der Waals surface area contributed by atoms with E-state index < -0.39 is 11.6 Å². The number of fused-ring (bicyclic) bond motifs is 2. The Morgan fingerprint density at radius 2 is 2.00 bits per heavy atom. The average molecular weight is 371 g/mol. The highest BCUT2D eigenvalue weighted by Crippen LogP contribution is 2.60. The van der Waals surface area contributed by atoms with Gasteiger partial charge in [0.15, 0.2) is 11.6 Å². The number of rotatable bonds is 4. The summed E-state index contributed by atoms with van der Waals surface area (Å²) < 4.78 is 30.5. The molecule has 8 heteroatoms. The number of imidazole rings is 1. The van der Waals surface area contributed by atoms with Crippen molar-refractivity contribution >= 4 is 16.9 Å². The molecule has 0 radical (unpaired) electrons. The summed E-state index contributed by atoms with van der Waals surface area (Å²) in [6.07, 6.45) is 6.89. The second-order valence-corrected chi connectivity index (χ2v) is 7.64. The Hall–Kier alpha value is -2.77. The summed E-state index contributed by atoms with van der Waals surface area (Å²) in [4.78, 5) is 16.3. The molecule has 1 amide bonds. The Morgan fingerprint density at radius 3 is 2.70 bits per heavy atom. The van der Waals surface area contributed by atoms with E-state index >= 15 is 0 Å². The van der Waals surface area contributed by atoms with Gasteiger partial charge in [-0.2, -0.15) is 5.10 Å². The van der Waals surface area contributed by atoms with Crippen molar-refractivity contribution < 1.29 is 13.6 Å². The van der Waals surface area contributed by atoms with Gasteiger partial charge < -0.3 is 9.88 Å². The maximum Gasteiger partial charge on any atom is 0.254 e. The van der Waals surface area contributed by atoms with Crippen LogP contribution in [0.2, 0.25) is 0 Å². The van der Waals surface area contributed by atoms with Crippen LogP contribution in [0.25, 0.3) is 11.0 Å². The number of amides is 1. The second-order valence-electron chi connectivity index (χ2n) is 7.64. The van der Waals surface area contributed by atoms with Gasteiger partial charge in [-0.1, -0.05) is 0 Å². The minimum Gasteiger partial charge on any atom is -0.352 e. The fraction of sp³-hybridized carbons (Fsp3) is 0.421. The third-order valence-corrected chi connectivity index (χ3v) is 6.07. The van der Waals surface area contributed by atoms with Gasteiger partial charge in [0.05, 0.1) is 29.1 Å². The van der Waals surface area contributed by atoms with Crippen LogP contribution in [0.15, 0.2) is 30.9 Å². The Balaban J connectivity index is 1.21. The van der Waals surface area contributed by atoms with E-state index in [0.29, 0.717) is 40.9 Å². The monoisotopic (exact) mass is 371 g/mol. The van der Waals surface area contributed by atoms with Crippen LogP contribution in [0, 0.1) is 29.4 Å². The Kier molecular flexibility index (Phi) is 3.57. The van der Waals surface area contributed by atoms with Crippen molar-refractivity contribution in [3.63, 3.8) is 0 Å². The number of halogens is 2. The summed E-state index contributed by atoms with van der Waals surface area (Å²) >= 11 is 0. The molecule has 1 N–H and O–H groups in total. The second kappa shape index (κ2) is 5.87. The van der Waals surface area contributed by atoms with Gasteiger partial charge in [0.1, 0.15) is 0 Å². The molecule has 2 fully saturated rings. The highest BCUT2D eigenvalue weighted by atomic mass is 19.2. The normalized spacial score (nSPS) is 26.3. The topological polar surface area (TPSA) is 64.7 Å². The molecular weight excluding hydrogens is 352 g/mol. The lowest BCUT2D eigenvalue weighted by molar-refractivity contribution is 0.0950. The van der Waals surface area contributed by atoms with Gasteiger partial charge in [-0.05, 0) is 30.6 Å². The van der Waals surface area contributed by atoms with Crippen LogP contribution >= 0.6 is 0 Å². The highest BCUT2D eigenvalue weighted by Gasteiger charge is 2.56. The molecule has 3 aromatic rings. The van der Waals surface area contributed by atoms with Crippen molar-refractivity contribution in [3.05, 3.63) is 48.1 Å². The quantitative estimate of drug-likeness (QED) is 0.767. The Labute approximate surface area is 154 Å². The van der Waals surface area contributed by atoms with Crippen molar-refractivity contribution in [1.29, 1.82) is 0 Å². The number of hydrogen-bond acceptors (Lipinski definition) is 3. The first kappa shape index (κ1) is 16.4. The SMILES string of the molecule is Cn1cc(C(=O)NCC2[C@H]3CC(n4cnc5cc(F)c(F)cc54)C[C@@H]23)cn1. The molecule has 5 rings (SSSR count). The number of nitrogens with one attached hydrogen (secondary N) is 1. The molecule has 6 nitrogen and oxygen atoms in total. The molecule has 2 saturated carbocycles. The molecule has 2 heterocycles. The summed E-state index contributed by atoms with van der Waals surface area (Å²) in [5.74, 6) is -0.192. The van der Waals surface area contributed by atoms with Crippen LogP contribution in [0.4, 0.5) is 8.78 Å². The zero-order chi connectivity index (χ0) is 18.7. The van der Waals surface area contributed by atoms with Crippen molar-refractivity contribution in [2.24, 2.45) is 24.8 Å². The summed E-state index contributed by atoms with van der Waals surface area (Å²) in [5, 5.41) is 7.00. The maximum absolute atomic E-state index is 13.6. The summed E-state index contributed by atoms with van der Waals surface area (Å²) in [7, 11) is 1.78. The molecule has 2 aromatic heterocycles. The van der Waals surface area contributed by atoms with Gasteiger partial charge >= 0.3 is 0 Å². The van der Waals surface area contributed by atoms with E-state index in [-0.39, 0.29) is 11.9 Å². The maximum atomic E-state index is 13.6. The Bertz CT molecular complexity index is 1030. The van der Waals surface area contributed by atoms with E-state index in [4.69, 9.17) is 0 Å². The fourth-order valence-corrected chi connectivity index (χ4v) is 4.64. The van der Waals surface area contributed by atoms with Crippen LogP contribution < -0.4 is 5.32 Å². The summed E-state index contributed by atoms with van der Waals surface area (Å²) in [6, 6.07) is 2.63. The molecule has 27 heavy (non-hydrogen) atoms. The average Bonchev–Trinajstić information content (AvgIpc) is 3.08. The minimum atomic E-state index is -0.869. The molecule has 1 aromatic carbocycles. The number of hydrogen-bond donors (Lipinski definition) is 1. The van der Waals surface area contributed by atoms with Crippen molar-refractivity contribution in [2.45, 2.75) is 18.9 Å². The molecule has 0 bridgehead atoms. The summed E-state index contributed by atoms with van der Waals surface area (Å²) in [5.41, 5.74) is 1.69. The van der Waals surface area contributed by atoms with E-state index in [0.717, 1.165) is 18.9 Å². The molecule has 0 aliphatic heterocycles.